The van der Waals surface area contributed by atoms with Crippen molar-refractivity contribution in [3.8, 4) is 0 Å². The predicted molar refractivity (Wildman–Crippen MR) is 32.1 cm³/mol. The minimum absolute atomic E-state index is 0.0741. The van der Waals surface area contributed by atoms with Crippen molar-refractivity contribution in [1.29, 1.82) is 0 Å². The molecule has 0 bridgehead atoms. The summed E-state index contributed by atoms with van der Waals surface area (Å²) in [6.07, 6.45) is 0.567. The van der Waals surface area contributed by atoms with Gasteiger partial charge in [0.05, 0.1) is 0 Å². The number of carbonyl (C=O) groups is 2. The third-order valence-electron chi connectivity index (χ3n) is 1.15. The van der Waals surface area contributed by atoms with Crippen LogP contribution in [0.4, 0.5) is 4.39 Å². The van der Waals surface area contributed by atoms with E-state index in [9.17, 15) is 14.0 Å². The Morgan fingerprint density at radius 1 is 1.60 bits per heavy atom. The number of carboxylic acids is 1. The van der Waals surface area contributed by atoms with Gasteiger partial charge in [-0.1, -0.05) is 13.3 Å². The number of carboxylic acid groups (broad SMARTS) is 1. The molecular formula is C6H9FO3. The third-order valence-corrected chi connectivity index (χ3v) is 1.15. The summed E-state index contributed by atoms with van der Waals surface area (Å²) in [6, 6.07) is -1.76. The highest BCUT2D eigenvalue weighted by Crippen LogP contribution is 2.07. The Kier molecular flexibility index (Phi) is 3.61. The highest BCUT2D eigenvalue weighted by atomic mass is 19.1. The molecule has 1 N–H and O–H groups in total. The van der Waals surface area contributed by atoms with Crippen LogP contribution in [-0.4, -0.2) is 17.1 Å². The summed E-state index contributed by atoms with van der Waals surface area (Å²) in [7, 11) is 0. The summed E-state index contributed by atoms with van der Waals surface area (Å²) in [5.41, 5.74) is 0. The summed E-state index contributed by atoms with van der Waals surface area (Å²) in [4.78, 5) is 20.0. The Bertz CT molecular complexity index is 130. The maximum Gasteiger partial charge on any atom is 0.316 e. The fourth-order valence-electron chi connectivity index (χ4n) is 0.623. The van der Waals surface area contributed by atoms with Crippen molar-refractivity contribution < 1.29 is 19.1 Å². The van der Waals surface area contributed by atoms with Crippen molar-refractivity contribution in [2.75, 3.05) is 0 Å². The molecule has 0 aromatic carbocycles. The summed E-state index contributed by atoms with van der Waals surface area (Å²) < 4.78 is 11.8. The van der Waals surface area contributed by atoms with Gasteiger partial charge in [-0.3, -0.25) is 9.59 Å². The van der Waals surface area contributed by atoms with Crippen LogP contribution >= 0.6 is 0 Å². The molecule has 1 atom stereocenters. The molecule has 0 spiro atoms. The van der Waals surface area contributed by atoms with Gasteiger partial charge < -0.3 is 5.11 Å². The lowest BCUT2D eigenvalue weighted by atomic mass is 10.1. The lowest BCUT2D eigenvalue weighted by Gasteiger charge is -2.01. The number of rotatable bonds is 4. The topological polar surface area (TPSA) is 54.4 Å². The highest BCUT2D eigenvalue weighted by molar-refractivity contribution is 5.93. The Morgan fingerprint density at radius 3 is 2.20 bits per heavy atom. The van der Waals surface area contributed by atoms with Crippen molar-refractivity contribution in [1.82, 2.24) is 0 Å². The second-order valence-electron chi connectivity index (χ2n) is 1.98. The zero-order valence-electron chi connectivity index (χ0n) is 5.63. The van der Waals surface area contributed by atoms with E-state index >= 15 is 0 Å². The van der Waals surface area contributed by atoms with Crippen molar-refractivity contribution in [3.05, 3.63) is 0 Å². The molecule has 0 heterocycles. The lowest BCUT2D eigenvalue weighted by molar-refractivity contribution is -0.150. The molecule has 0 rings (SSSR count). The van der Waals surface area contributed by atoms with Gasteiger partial charge in [0.2, 0.25) is 0 Å². The van der Waals surface area contributed by atoms with Gasteiger partial charge >= 0.3 is 12.0 Å². The number of aliphatic carboxylic acids is 1. The maximum absolute atomic E-state index is 11.8. The van der Waals surface area contributed by atoms with Gasteiger partial charge in [-0.15, -0.1) is 0 Å². The molecule has 0 aliphatic carbocycles. The average molecular weight is 148 g/mol. The molecule has 0 fully saturated rings. The first-order valence-corrected chi connectivity index (χ1v) is 3.01. The molecule has 0 aromatic heterocycles. The first-order chi connectivity index (χ1) is 4.59. The first kappa shape index (κ1) is 9.07. The van der Waals surface area contributed by atoms with Crippen LogP contribution in [0, 0.1) is 5.92 Å². The molecule has 1 unspecified atom stereocenters. The number of carbonyl (C=O) groups excluding carboxylic acids is 1. The molecule has 4 heteroatoms. The van der Waals surface area contributed by atoms with Crippen LogP contribution in [0.2, 0.25) is 0 Å². The SMILES string of the molecule is CCCC(C(=O)O)C(=O)F. The molecule has 3 nitrogen and oxygen atoms in total. The van der Waals surface area contributed by atoms with Crippen molar-refractivity contribution >= 4 is 12.0 Å². The summed E-state index contributed by atoms with van der Waals surface area (Å²) in [6.45, 7) is 1.69. The van der Waals surface area contributed by atoms with E-state index in [1.165, 1.54) is 0 Å². The second-order valence-corrected chi connectivity index (χ2v) is 1.98. The predicted octanol–water partition coefficient (Wildman–Crippen LogP) is 0.983. The molecule has 0 aromatic rings. The molecule has 0 aliphatic heterocycles. The molecule has 0 aliphatic rings. The summed E-state index contributed by atoms with van der Waals surface area (Å²) in [5, 5.41) is 8.21. The van der Waals surface area contributed by atoms with Crippen LogP contribution < -0.4 is 0 Å². The van der Waals surface area contributed by atoms with Crippen LogP contribution in [0.1, 0.15) is 19.8 Å². The van der Waals surface area contributed by atoms with Crippen LogP contribution in [0.25, 0.3) is 0 Å². The first-order valence-electron chi connectivity index (χ1n) is 3.01. The standard InChI is InChI=1S/C6H9FO3/c1-2-3-4(5(7)8)6(9)10/h4H,2-3H2,1H3,(H,9,10). The number of halogens is 1. The van der Waals surface area contributed by atoms with Gasteiger partial charge in [-0.25, -0.2) is 0 Å². The Labute approximate surface area is 57.8 Å². The van der Waals surface area contributed by atoms with Gasteiger partial charge in [0.25, 0.3) is 0 Å². The fraction of sp³-hybridized carbons (Fsp3) is 0.667. The fourth-order valence-corrected chi connectivity index (χ4v) is 0.623. The van der Waals surface area contributed by atoms with Gasteiger partial charge in [-0.2, -0.15) is 4.39 Å². The third kappa shape index (κ3) is 2.57. The van der Waals surface area contributed by atoms with E-state index in [0.29, 0.717) is 6.42 Å². The zero-order valence-corrected chi connectivity index (χ0v) is 5.63. The van der Waals surface area contributed by atoms with Crippen molar-refractivity contribution in [2.45, 2.75) is 19.8 Å². The average Bonchev–Trinajstić information content (AvgIpc) is 1.81. The Hall–Kier alpha value is -0.930. The van der Waals surface area contributed by atoms with Crippen molar-refractivity contribution in [3.63, 3.8) is 0 Å². The van der Waals surface area contributed by atoms with Crippen LogP contribution in [0.5, 0.6) is 0 Å². The summed E-state index contributed by atoms with van der Waals surface area (Å²) >= 11 is 0. The van der Waals surface area contributed by atoms with Gasteiger partial charge in [0.15, 0.2) is 0 Å². The van der Waals surface area contributed by atoms with Gasteiger partial charge in [-0.05, 0) is 6.42 Å². The lowest BCUT2D eigenvalue weighted by Crippen LogP contribution is -2.19. The molecule has 58 valence electrons. The molecule has 0 amide bonds. The largest absolute Gasteiger partial charge is 0.481 e. The van der Waals surface area contributed by atoms with Gasteiger partial charge in [0.1, 0.15) is 5.92 Å². The molecule has 0 saturated carbocycles. The van der Waals surface area contributed by atoms with E-state index in [0.717, 1.165) is 0 Å². The normalized spacial score (nSPS) is 12.6. The van der Waals surface area contributed by atoms with E-state index in [4.69, 9.17) is 5.11 Å². The summed E-state index contributed by atoms with van der Waals surface area (Å²) in [5.74, 6) is -2.83. The maximum atomic E-state index is 11.8. The van der Waals surface area contributed by atoms with E-state index < -0.39 is 17.9 Å². The van der Waals surface area contributed by atoms with Crippen LogP contribution in [0.15, 0.2) is 0 Å². The zero-order chi connectivity index (χ0) is 8.15. The molecule has 0 radical (unpaired) electrons. The smallest absolute Gasteiger partial charge is 0.316 e. The quantitative estimate of drug-likeness (QED) is 0.477. The van der Waals surface area contributed by atoms with E-state index in [2.05, 4.69) is 0 Å². The highest BCUT2D eigenvalue weighted by Gasteiger charge is 2.24. The minimum Gasteiger partial charge on any atom is -0.481 e. The van der Waals surface area contributed by atoms with Crippen LogP contribution in [0.3, 0.4) is 0 Å². The molecule has 0 saturated heterocycles. The minimum atomic E-state index is -1.76. The molecule has 10 heavy (non-hydrogen) atoms. The Morgan fingerprint density at radius 2 is 2.10 bits per heavy atom. The molecular weight excluding hydrogens is 139 g/mol. The van der Waals surface area contributed by atoms with Crippen molar-refractivity contribution in [2.24, 2.45) is 5.92 Å². The monoisotopic (exact) mass is 148 g/mol. The number of hydrogen-bond donors (Lipinski definition) is 1. The number of hydrogen-bond acceptors (Lipinski definition) is 2. The Balaban J connectivity index is 3.98. The van der Waals surface area contributed by atoms with E-state index in [1.807, 2.05) is 0 Å². The van der Waals surface area contributed by atoms with E-state index in [-0.39, 0.29) is 6.42 Å². The second kappa shape index (κ2) is 3.98. The van der Waals surface area contributed by atoms with E-state index in [1.54, 1.807) is 6.92 Å². The van der Waals surface area contributed by atoms with Gasteiger partial charge in [0, 0.05) is 0 Å². The van der Waals surface area contributed by atoms with Crippen LogP contribution in [-0.2, 0) is 9.59 Å².